The number of nitrogens with zero attached hydrogens (tertiary/aromatic N) is 2. The molecule has 1 aliphatic rings. The number of carbonyl (C=O) groups is 2. The normalized spacial score (nSPS) is 13.8. The summed E-state index contributed by atoms with van der Waals surface area (Å²) < 4.78 is 50.3. The maximum Gasteiger partial charge on any atom is 0.344 e. The molecule has 3 rings (SSSR count). The first kappa shape index (κ1) is 25.1. The summed E-state index contributed by atoms with van der Waals surface area (Å²) in [5.41, 5.74) is -1.26. The molecular formula is C20H22ClF3N4O4S. The Kier molecular flexibility index (Phi) is 8.75. The average Bonchev–Trinajstić information content (AvgIpc) is 3.42. The van der Waals surface area contributed by atoms with Crippen molar-refractivity contribution in [3.63, 3.8) is 0 Å². The number of nitrogens with one attached hydrogen (secondary N) is 2. The van der Waals surface area contributed by atoms with E-state index in [1.807, 2.05) is 0 Å². The number of ether oxygens (including phenoxy) is 1. The van der Waals surface area contributed by atoms with E-state index in [4.69, 9.17) is 16.3 Å². The minimum atomic E-state index is -1.55. The van der Waals surface area contributed by atoms with Gasteiger partial charge in [0.1, 0.15) is 17.4 Å². The van der Waals surface area contributed by atoms with E-state index in [9.17, 15) is 27.9 Å². The number of likely N-dealkylation sites (tertiary alicyclic amines) is 1. The Bertz CT molecular complexity index is 1020. The predicted octanol–water partition coefficient (Wildman–Crippen LogP) is 4.49. The number of aromatic carboxylic acids is 1. The Labute approximate surface area is 196 Å². The zero-order chi connectivity index (χ0) is 24.0. The van der Waals surface area contributed by atoms with Crippen molar-refractivity contribution in [1.82, 2.24) is 14.6 Å². The number of carboxylic acids is 1. The number of unbranched alkanes of at least 4 members (excludes halogenated alkanes) is 1. The first-order valence-corrected chi connectivity index (χ1v) is 11.4. The van der Waals surface area contributed by atoms with Gasteiger partial charge in [0.25, 0.3) is 0 Å². The Balaban J connectivity index is 1.55. The van der Waals surface area contributed by atoms with Crippen LogP contribution in [0.2, 0.25) is 5.02 Å². The number of halogens is 4. The van der Waals surface area contributed by atoms with E-state index >= 15 is 0 Å². The van der Waals surface area contributed by atoms with Crippen LogP contribution in [0.1, 0.15) is 41.6 Å². The van der Waals surface area contributed by atoms with Crippen molar-refractivity contribution < 1.29 is 32.6 Å². The summed E-state index contributed by atoms with van der Waals surface area (Å²) in [7, 11) is 0. The molecular weight excluding hydrogens is 485 g/mol. The molecule has 33 heavy (non-hydrogen) atoms. The van der Waals surface area contributed by atoms with E-state index in [0.717, 1.165) is 32.5 Å². The van der Waals surface area contributed by atoms with Gasteiger partial charge in [-0.2, -0.15) is 4.37 Å². The molecule has 0 atom stereocenters. The van der Waals surface area contributed by atoms with E-state index in [2.05, 4.69) is 19.9 Å². The summed E-state index contributed by atoms with van der Waals surface area (Å²) in [6.45, 7) is 2.76. The minimum Gasteiger partial charge on any atom is -0.477 e. The fraction of sp³-hybridized carbons (Fsp3) is 0.450. The van der Waals surface area contributed by atoms with E-state index in [1.165, 1.54) is 12.8 Å². The lowest BCUT2D eigenvalue weighted by Gasteiger charge is -2.14. The number of hydrogen-bond acceptors (Lipinski definition) is 6. The summed E-state index contributed by atoms with van der Waals surface area (Å²) in [5, 5.41) is 13.7. The zero-order valence-electron chi connectivity index (χ0n) is 17.4. The standard InChI is InChI=1S/C20H22ClF3N4O4S/c21-12-9-13(22)11(15(23)16(12)24)10-32-17-14(19(29)30)18(33-27-17)26-20(31)25-5-1-2-6-28-7-3-4-8-28/h9H,1-8,10H2,(H,29,30)(H2,25,26,31). The van der Waals surface area contributed by atoms with Crippen LogP contribution in [-0.4, -0.2) is 52.6 Å². The molecule has 1 saturated heterocycles. The van der Waals surface area contributed by atoms with Crippen LogP contribution in [0.3, 0.4) is 0 Å². The van der Waals surface area contributed by atoms with Crippen LogP contribution < -0.4 is 15.4 Å². The lowest BCUT2D eigenvalue weighted by molar-refractivity contribution is 0.0693. The molecule has 0 aliphatic carbocycles. The van der Waals surface area contributed by atoms with Crippen LogP contribution in [0.15, 0.2) is 6.07 Å². The van der Waals surface area contributed by atoms with Gasteiger partial charge < -0.3 is 20.1 Å². The molecule has 180 valence electrons. The number of rotatable bonds is 10. The highest BCUT2D eigenvalue weighted by Crippen LogP contribution is 2.32. The summed E-state index contributed by atoms with van der Waals surface area (Å²) in [6.07, 6.45) is 4.13. The van der Waals surface area contributed by atoms with Crippen molar-refractivity contribution in [2.75, 3.05) is 31.5 Å². The van der Waals surface area contributed by atoms with Gasteiger partial charge in [0.15, 0.2) is 17.2 Å². The third-order valence-corrected chi connectivity index (χ3v) is 6.07. The van der Waals surface area contributed by atoms with Gasteiger partial charge in [-0.05, 0) is 62.9 Å². The van der Waals surface area contributed by atoms with E-state index in [-0.39, 0.29) is 5.00 Å². The average molecular weight is 507 g/mol. The number of amides is 2. The third-order valence-electron chi connectivity index (χ3n) is 5.05. The molecule has 1 aromatic heterocycles. The van der Waals surface area contributed by atoms with E-state index < -0.39 is 58.1 Å². The molecule has 1 aliphatic heterocycles. The molecule has 0 radical (unpaired) electrons. The molecule has 1 aromatic carbocycles. The number of hydrogen-bond donors (Lipinski definition) is 3. The van der Waals surface area contributed by atoms with Gasteiger partial charge in [0.05, 0.1) is 10.6 Å². The molecule has 2 aromatic rings. The largest absolute Gasteiger partial charge is 0.477 e. The third kappa shape index (κ3) is 6.49. The molecule has 3 N–H and O–H groups in total. The molecule has 0 saturated carbocycles. The number of urea groups is 1. The highest BCUT2D eigenvalue weighted by molar-refractivity contribution is 7.11. The van der Waals surface area contributed by atoms with Crippen molar-refractivity contribution in [1.29, 1.82) is 0 Å². The van der Waals surface area contributed by atoms with Gasteiger partial charge in [-0.3, -0.25) is 5.32 Å². The van der Waals surface area contributed by atoms with Crippen LogP contribution >= 0.6 is 23.1 Å². The monoisotopic (exact) mass is 506 g/mol. The van der Waals surface area contributed by atoms with Crippen LogP contribution in [0.4, 0.5) is 23.0 Å². The fourth-order valence-electron chi connectivity index (χ4n) is 3.34. The maximum absolute atomic E-state index is 13.9. The van der Waals surface area contributed by atoms with Crippen LogP contribution in [-0.2, 0) is 6.61 Å². The van der Waals surface area contributed by atoms with Gasteiger partial charge in [-0.25, -0.2) is 22.8 Å². The smallest absolute Gasteiger partial charge is 0.344 e. The maximum atomic E-state index is 13.9. The van der Waals surface area contributed by atoms with E-state index in [0.29, 0.717) is 24.1 Å². The van der Waals surface area contributed by atoms with Gasteiger partial charge in [0.2, 0.25) is 5.88 Å². The lowest BCUT2D eigenvalue weighted by Crippen LogP contribution is -2.30. The number of carbonyl (C=O) groups excluding carboxylic acids is 1. The van der Waals surface area contributed by atoms with Crippen LogP contribution in [0.25, 0.3) is 0 Å². The van der Waals surface area contributed by atoms with Gasteiger partial charge in [-0.1, -0.05) is 11.6 Å². The molecule has 13 heteroatoms. The summed E-state index contributed by atoms with van der Waals surface area (Å²) in [4.78, 5) is 26.1. The lowest BCUT2D eigenvalue weighted by atomic mass is 10.2. The molecule has 2 heterocycles. The van der Waals surface area contributed by atoms with Crippen molar-refractivity contribution in [3.8, 4) is 5.88 Å². The highest BCUT2D eigenvalue weighted by Gasteiger charge is 2.25. The highest BCUT2D eigenvalue weighted by atomic mass is 35.5. The van der Waals surface area contributed by atoms with Crippen molar-refractivity contribution in [2.45, 2.75) is 32.3 Å². The fourth-order valence-corrected chi connectivity index (χ4v) is 4.24. The van der Waals surface area contributed by atoms with Crippen molar-refractivity contribution in [2.24, 2.45) is 0 Å². The number of carboxylic acid groups (broad SMARTS) is 1. The predicted molar refractivity (Wildman–Crippen MR) is 117 cm³/mol. The van der Waals surface area contributed by atoms with Crippen LogP contribution in [0.5, 0.6) is 5.88 Å². The van der Waals surface area contributed by atoms with Gasteiger partial charge in [-0.15, -0.1) is 0 Å². The second kappa shape index (κ2) is 11.5. The Morgan fingerprint density at radius 2 is 1.94 bits per heavy atom. The molecule has 1 fully saturated rings. The molecule has 0 spiro atoms. The number of aromatic nitrogens is 1. The Morgan fingerprint density at radius 1 is 1.21 bits per heavy atom. The number of anilines is 1. The van der Waals surface area contributed by atoms with Crippen LogP contribution in [0, 0.1) is 17.5 Å². The first-order chi connectivity index (χ1) is 15.8. The quantitative estimate of drug-likeness (QED) is 0.249. The van der Waals surface area contributed by atoms with Gasteiger partial charge in [0, 0.05) is 6.54 Å². The van der Waals surface area contributed by atoms with Crippen molar-refractivity contribution in [3.05, 3.63) is 39.7 Å². The number of benzene rings is 1. The zero-order valence-corrected chi connectivity index (χ0v) is 19.0. The molecule has 0 unspecified atom stereocenters. The molecule has 2 amide bonds. The molecule has 8 nitrogen and oxygen atoms in total. The topological polar surface area (TPSA) is 104 Å². The summed E-state index contributed by atoms with van der Waals surface area (Å²) in [6, 6.07) is -0.0361. The Hall–Kier alpha value is -2.57. The Morgan fingerprint density at radius 3 is 2.64 bits per heavy atom. The van der Waals surface area contributed by atoms with E-state index in [1.54, 1.807) is 0 Å². The van der Waals surface area contributed by atoms with Crippen molar-refractivity contribution >= 4 is 40.1 Å². The first-order valence-electron chi connectivity index (χ1n) is 10.2. The summed E-state index contributed by atoms with van der Waals surface area (Å²) >= 11 is 6.00. The SMILES string of the molecule is O=C(NCCCCN1CCCC1)Nc1snc(OCc2c(F)cc(Cl)c(F)c2F)c1C(=O)O. The second-order valence-corrected chi connectivity index (χ2v) is 8.55. The molecule has 0 bridgehead atoms. The summed E-state index contributed by atoms with van der Waals surface area (Å²) in [5.74, 6) is -6.10. The minimum absolute atomic E-state index is 0.115. The van der Waals surface area contributed by atoms with Gasteiger partial charge >= 0.3 is 12.0 Å². The second-order valence-electron chi connectivity index (χ2n) is 7.37.